The van der Waals surface area contributed by atoms with E-state index in [4.69, 9.17) is 47.4 Å². The smallest absolute Gasteiger partial charge is 0.493 e. The molecule has 0 amide bonds. The molecule has 14 nitrogen and oxygen atoms in total. The van der Waals surface area contributed by atoms with Crippen LogP contribution in [-0.4, -0.2) is 64.3 Å². The predicted octanol–water partition coefficient (Wildman–Crippen LogP) is 14.1. The summed E-state index contributed by atoms with van der Waals surface area (Å²) >= 11 is 0. The maximum Gasteiger partial charge on any atom is 0.513 e. The van der Waals surface area contributed by atoms with Crippen molar-refractivity contribution >= 4 is 46.2 Å². The van der Waals surface area contributed by atoms with Gasteiger partial charge in [-0.25, -0.2) is 19.2 Å². The lowest BCUT2D eigenvalue weighted by Gasteiger charge is -2.23. The molecule has 0 aliphatic heterocycles. The zero-order chi connectivity index (χ0) is 47.3. The lowest BCUT2D eigenvalue weighted by Crippen LogP contribution is -2.18. The fraction of sp³-hybridized carbons (Fsp3) is 0.538. The summed E-state index contributed by atoms with van der Waals surface area (Å²) < 4.78 is 59.5. The molecule has 0 N–H and O–H groups in total. The molecule has 0 saturated carbocycles. The highest BCUT2D eigenvalue weighted by Crippen LogP contribution is 2.50. The number of carbonyl (C=O) groups excluding carboxylic acids is 4. The van der Waals surface area contributed by atoms with Crippen LogP contribution >= 0.6 is 0 Å². The van der Waals surface area contributed by atoms with Gasteiger partial charge in [0.2, 0.25) is 0 Å². The normalized spacial score (nSPS) is 11.2. The van der Waals surface area contributed by atoms with Crippen molar-refractivity contribution in [1.82, 2.24) is 0 Å². The summed E-state index contributed by atoms with van der Waals surface area (Å²) in [7, 11) is 0. The second-order valence-corrected chi connectivity index (χ2v) is 16.1. The first-order valence-electron chi connectivity index (χ1n) is 24.1. The summed E-state index contributed by atoms with van der Waals surface area (Å²) in [5, 5.41) is 1.88. The average Bonchev–Trinajstić information content (AvgIpc) is 3.29. The van der Waals surface area contributed by atoms with Crippen LogP contribution in [0.15, 0.2) is 36.4 Å². The van der Waals surface area contributed by atoms with Gasteiger partial charge in [0.05, 0.1) is 50.4 Å². The van der Waals surface area contributed by atoms with Crippen LogP contribution in [0.3, 0.4) is 0 Å². The first kappa shape index (κ1) is 51.1. The summed E-state index contributed by atoms with van der Waals surface area (Å²) in [5.74, 6) is 0.507. The molecular weight excluding hydrogens is 849 g/mol. The molecule has 1 aliphatic carbocycles. The van der Waals surface area contributed by atoms with Gasteiger partial charge in [-0.1, -0.05) is 129 Å². The Bertz CT molecular complexity index is 2290. The van der Waals surface area contributed by atoms with E-state index >= 15 is 0 Å². The van der Waals surface area contributed by atoms with Gasteiger partial charge in [0.1, 0.15) is 11.5 Å². The highest BCUT2D eigenvalue weighted by Gasteiger charge is 2.33. The summed E-state index contributed by atoms with van der Waals surface area (Å²) in [6, 6.07) is 10.2. The maximum atomic E-state index is 13.8. The average molecular weight is 917 g/mol. The Labute approximate surface area is 387 Å². The zero-order valence-corrected chi connectivity index (χ0v) is 39.7. The van der Waals surface area contributed by atoms with Crippen LogP contribution in [0.5, 0.6) is 34.5 Å². The van der Waals surface area contributed by atoms with Gasteiger partial charge in [0.25, 0.3) is 0 Å². The van der Waals surface area contributed by atoms with Crippen LogP contribution < -0.4 is 28.4 Å². The minimum Gasteiger partial charge on any atom is -0.493 e. The van der Waals surface area contributed by atoms with Crippen molar-refractivity contribution in [1.29, 1.82) is 0 Å². The molecule has 66 heavy (non-hydrogen) atoms. The molecular formula is C52H68O14. The molecule has 0 spiro atoms. The Morgan fingerprint density at radius 2 is 0.652 bits per heavy atom. The number of rotatable bonds is 28. The molecule has 0 radical (unpaired) electrons. The summed E-state index contributed by atoms with van der Waals surface area (Å²) in [5.41, 5.74) is 0. The van der Waals surface area contributed by atoms with E-state index in [1.54, 1.807) is 50.2 Å². The Balaban J connectivity index is 1.88. The van der Waals surface area contributed by atoms with Gasteiger partial charge in [-0.05, 0) is 51.7 Å². The number of carbonyl (C=O) groups is 4. The van der Waals surface area contributed by atoms with Crippen molar-refractivity contribution < 1.29 is 66.5 Å². The van der Waals surface area contributed by atoms with E-state index in [0.717, 1.165) is 77.0 Å². The Hall–Kier alpha value is -5.92. The van der Waals surface area contributed by atoms with E-state index in [1.807, 2.05) is 0 Å². The third kappa shape index (κ3) is 13.1. The van der Waals surface area contributed by atoms with Crippen LogP contribution in [0.1, 0.15) is 144 Å². The zero-order valence-electron chi connectivity index (χ0n) is 39.7. The first-order chi connectivity index (χ1) is 32.2. The lowest BCUT2D eigenvalue weighted by atomic mass is 9.90. The minimum atomic E-state index is -0.997. The molecule has 360 valence electrons. The van der Waals surface area contributed by atoms with Gasteiger partial charge in [-0.3, -0.25) is 0 Å². The lowest BCUT2D eigenvalue weighted by molar-refractivity contribution is 0.0941. The fourth-order valence-corrected chi connectivity index (χ4v) is 7.93. The third-order valence-electron chi connectivity index (χ3n) is 11.1. The van der Waals surface area contributed by atoms with Gasteiger partial charge in [0.15, 0.2) is 23.0 Å². The Kier molecular flexibility index (Phi) is 20.8. The molecule has 4 aromatic rings. The number of unbranched alkanes of at least 4 members (excludes halogenated alkanes) is 12. The number of hydrogen-bond acceptors (Lipinski definition) is 14. The van der Waals surface area contributed by atoms with Crippen LogP contribution in [0.25, 0.3) is 21.5 Å². The van der Waals surface area contributed by atoms with Crippen LogP contribution in [-0.2, 0) is 18.9 Å². The summed E-state index contributed by atoms with van der Waals surface area (Å²) in [6.07, 6.45) is 9.94. The molecule has 0 fully saturated rings. The van der Waals surface area contributed by atoms with E-state index in [0.29, 0.717) is 48.0 Å². The Morgan fingerprint density at radius 1 is 0.364 bits per heavy atom. The predicted molar refractivity (Wildman–Crippen MR) is 250 cm³/mol. The molecule has 5 rings (SSSR count). The molecule has 0 atom stereocenters. The van der Waals surface area contributed by atoms with Crippen molar-refractivity contribution in [2.75, 3.05) is 39.6 Å². The number of benzene rings is 4. The second kappa shape index (κ2) is 26.9. The van der Waals surface area contributed by atoms with E-state index in [9.17, 15) is 19.2 Å². The largest absolute Gasteiger partial charge is 0.513 e. The van der Waals surface area contributed by atoms with Crippen molar-refractivity contribution in [3.05, 3.63) is 57.3 Å². The van der Waals surface area contributed by atoms with Crippen molar-refractivity contribution in [3.63, 3.8) is 0 Å². The second-order valence-electron chi connectivity index (χ2n) is 16.1. The SMILES string of the molecule is CCCCCCOC(=O)Oc1c2c(c(OC(=O)OCCCCCC)c3c(OCC)cccc13)=c1c(OC(=O)OCCCCCC)c3c(OCC)cccc3c(OC(=O)OCCCCCC)c1=2. The van der Waals surface area contributed by atoms with E-state index in [2.05, 4.69) is 27.7 Å². The number of fused-ring (bicyclic) bond motifs is 4. The number of ether oxygens (including phenoxy) is 10. The topological polar surface area (TPSA) is 161 Å². The summed E-state index contributed by atoms with van der Waals surface area (Å²) in [4.78, 5) is 55.1. The summed E-state index contributed by atoms with van der Waals surface area (Å²) in [6.45, 7) is 12.9. The molecule has 1 aliphatic rings. The standard InChI is InChI=1S/C52H68O14/c1-7-13-17-21-31-59-49(53)63-45-35-27-25-29-37(57-11-5)39(35)47(65-51(55)61-33-23-19-15-9-3)43-41(45)42-44(43)48(66-52(56)62-34-24-20-16-10-4)40-36(28-26-30-38(40)58-12-6)46(42)64-50(54)60-32-22-18-14-8-2/h25-30H,7-24,31-34H2,1-6H3. The molecule has 0 unspecified atom stereocenters. The van der Waals surface area contributed by atoms with Gasteiger partial charge < -0.3 is 47.4 Å². The molecule has 4 aromatic carbocycles. The Morgan fingerprint density at radius 3 is 0.939 bits per heavy atom. The van der Waals surface area contributed by atoms with Gasteiger partial charge in [-0.15, -0.1) is 0 Å². The highest BCUT2D eigenvalue weighted by atomic mass is 16.7. The van der Waals surface area contributed by atoms with E-state index < -0.39 is 24.6 Å². The minimum absolute atomic E-state index is 0.00422. The van der Waals surface area contributed by atoms with Gasteiger partial charge in [0, 0.05) is 31.6 Å². The van der Waals surface area contributed by atoms with Gasteiger partial charge >= 0.3 is 24.6 Å². The molecule has 0 bridgehead atoms. The fourth-order valence-electron chi connectivity index (χ4n) is 7.93. The van der Waals surface area contributed by atoms with Crippen LogP contribution in [0.4, 0.5) is 19.2 Å². The molecule has 14 heteroatoms. The molecule has 0 aromatic heterocycles. The van der Waals surface area contributed by atoms with E-state index in [1.165, 1.54) is 0 Å². The quantitative estimate of drug-likeness (QED) is 0.0202. The van der Waals surface area contributed by atoms with Crippen LogP contribution in [0, 0.1) is 20.9 Å². The molecule has 0 saturated heterocycles. The molecule has 0 heterocycles. The first-order valence-corrected chi connectivity index (χ1v) is 24.1. The van der Waals surface area contributed by atoms with Gasteiger partial charge in [-0.2, -0.15) is 0 Å². The van der Waals surface area contributed by atoms with E-state index in [-0.39, 0.29) is 94.3 Å². The monoisotopic (exact) mass is 916 g/mol. The van der Waals surface area contributed by atoms with Crippen LogP contribution in [0.2, 0.25) is 0 Å². The maximum absolute atomic E-state index is 13.8. The highest BCUT2D eigenvalue weighted by molar-refractivity contribution is 6.04. The third-order valence-corrected chi connectivity index (χ3v) is 11.1. The number of hydrogen-bond donors (Lipinski definition) is 0. The van der Waals surface area contributed by atoms with Crippen molar-refractivity contribution in [3.8, 4) is 34.5 Å². The van der Waals surface area contributed by atoms with Crippen molar-refractivity contribution in [2.45, 2.75) is 144 Å². The van der Waals surface area contributed by atoms with Crippen molar-refractivity contribution in [2.24, 2.45) is 0 Å².